The number of rotatable bonds is 6. The van der Waals surface area contributed by atoms with Gasteiger partial charge >= 0.3 is 0 Å². The summed E-state index contributed by atoms with van der Waals surface area (Å²) in [4.78, 5) is 17.4. The van der Waals surface area contributed by atoms with Gasteiger partial charge in [-0.25, -0.2) is 0 Å². The van der Waals surface area contributed by atoms with Gasteiger partial charge < -0.3 is 24.7 Å². The summed E-state index contributed by atoms with van der Waals surface area (Å²) in [6.45, 7) is 3.80. The van der Waals surface area contributed by atoms with E-state index in [1.54, 1.807) is 11.8 Å². The van der Waals surface area contributed by atoms with Crippen LogP contribution in [0.15, 0.2) is 54.6 Å². The van der Waals surface area contributed by atoms with Crippen molar-refractivity contribution in [1.82, 2.24) is 9.80 Å². The quantitative estimate of drug-likeness (QED) is 0.592. The summed E-state index contributed by atoms with van der Waals surface area (Å²) >= 11 is 0. The largest absolute Gasteiger partial charge is 0.507 e. The van der Waals surface area contributed by atoms with Crippen LogP contribution in [0.5, 0.6) is 17.2 Å². The molecule has 0 saturated carbocycles. The number of phenolic OH excluding ortho intramolecular Hbond substituents is 2. The molecule has 0 unspecified atom stereocenters. The molecule has 6 heteroatoms. The third-order valence-corrected chi connectivity index (χ3v) is 5.99. The summed E-state index contributed by atoms with van der Waals surface area (Å²) in [5, 5.41) is 20.9. The zero-order chi connectivity index (χ0) is 23.5. The van der Waals surface area contributed by atoms with E-state index in [0.29, 0.717) is 18.7 Å². The fraction of sp³-hybridized carbons (Fsp3) is 0.296. The molecule has 3 aromatic rings. The Morgan fingerprint density at radius 2 is 1.76 bits per heavy atom. The van der Waals surface area contributed by atoms with E-state index in [4.69, 9.17) is 4.74 Å². The third-order valence-electron chi connectivity index (χ3n) is 5.99. The van der Waals surface area contributed by atoms with Crippen molar-refractivity contribution in [3.8, 4) is 17.2 Å². The highest BCUT2D eigenvalue weighted by atomic mass is 16.5. The molecule has 33 heavy (non-hydrogen) atoms. The second kappa shape index (κ2) is 9.55. The van der Waals surface area contributed by atoms with Crippen LogP contribution in [0.1, 0.15) is 38.2 Å². The van der Waals surface area contributed by atoms with Gasteiger partial charge in [0.1, 0.15) is 29.4 Å². The molecule has 1 aliphatic rings. The van der Waals surface area contributed by atoms with Crippen molar-refractivity contribution in [2.75, 3.05) is 20.6 Å². The van der Waals surface area contributed by atoms with E-state index < -0.39 is 0 Å². The summed E-state index contributed by atoms with van der Waals surface area (Å²) in [6, 6.07) is 17.2. The lowest BCUT2D eigenvalue weighted by molar-refractivity contribution is 0.0726. The van der Waals surface area contributed by atoms with Crippen LogP contribution < -0.4 is 4.74 Å². The molecule has 1 amide bonds. The van der Waals surface area contributed by atoms with E-state index >= 15 is 0 Å². The van der Waals surface area contributed by atoms with Gasteiger partial charge in [-0.05, 0) is 49.7 Å². The number of fused-ring (bicyclic) bond motifs is 1. The first-order chi connectivity index (χ1) is 15.8. The normalized spacial score (nSPS) is 13.2. The molecule has 0 bridgehead atoms. The summed E-state index contributed by atoms with van der Waals surface area (Å²) in [5.41, 5.74) is 5.07. The number of carbonyl (C=O) groups is 1. The van der Waals surface area contributed by atoms with Crippen LogP contribution in [-0.4, -0.2) is 46.6 Å². The van der Waals surface area contributed by atoms with Gasteiger partial charge in [-0.15, -0.1) is 0 Å². The summed E-state index contributed by atoms with van der Waals surface area (Å²) < 4.78 is 5.98. The zero-order valence-corrected chi connectivity index (χ0v) is 19.3. The molecule has 0 fully saturated rings. The predicted octanol–water partition coefficient (Wildman–Crippen LogP) is 4.25. The summed E-state index contributed by atoms with van der Waals surface area (Å²) in [6.07, 6.45) is 0.750. The summed E-state index contributed by atoms with van der Waals surface area (Å²) in [7, 11) is 4.09. The first kappa shape index (κ1) is 22.7. The first-order valence-corrected chi connectivity index (χ1v) is 11.1. The molecule has 6 nitrogen and oxygen atoms in total. The average molecular weight is 447 g/mol. The number of hydrogen-bond acceptors (Lipinski definition) is 5. The Labute approximate surface area is 194 Å². The van der Waals surface area contributed by atoms with Crippen molar-refractivity contribution in [2.45, 2.75) is 33.0 Å². The molecule has 0 spiro atoms. The molecule has 0 radical (unpaired) electrons. The molecule has 1 heterocycles. The van der Waals surface area contributed by atoms with Crippen LogP contribution in [-0.2, 0) is 26.1 Å². The Balaban J connectivity index is 1.59. The molecule has 4 rings (SSSR count). The number of nitrogens with zero attached hydrogens (tertiary/aromatic N) is 2. The highest BCUT2D eigenvalue weighted by Crippen LogP contribution is 2.39. The van der Waals surface area contributed by atoms with Crippen LogP contribution in [0.2, 0.25) is 0 Å². The number of benzene rings is 3. The Morgan fingerprint density at radius 3 is 2.48 bits per heavy atom. The predicted molar refractivity (Wildman–Crippen MR) is 128 cm³/mol. The molecule has 0 aliphatic carbocycles. The van der Waals surface area contributed by atoms with Crippen molar-refractivity contribution in [3.05, 3.63) is 88.0 Å². The topological polar surface area (TPSA) is 73.2 Å². The van der Waals surface area contributed by atoms with Crippen LogP contribution in [0.25, 0.3) is 0 Å². The van der Waals surface area contributed by atoms with Crippen molar-refractivity contribution in [2.24, 2.45) is 0 Å². The van der Waals surface area contributed by atoms with Gasteiger partial charge in [0.25, 0.3) is 5.91 Å². The van der Waals surface area contributed by atoms with Crippen LogP contribution in [0.4, 0.5) is 0 Å². The van der Waals surface area contributed by atoms with E-state index in [1.165, 1.54) is 17.2 Å². The Kier molecular flexibility index (Phi) is 6.56. The van der Waals surface area contributed by atoms with Crippen LogP contribution in [0, 0.1) is 6.92 Å². The van der Waals surface area contributed by atoms with E-state index in [0.717, 1.165) is 24.1 Å². The molecular weight excluding hydrogens is 416 g/mol. The van der Waals surface area contributed by atoms with Gasteiger partial charge in [0, 0.05) is 31.3 Å². The fourth-order valence-corrected chi connectivity index (χ4v) is 4.25. The third kappa shape index (κ3) is 4.96. The summed E-state index contributed by atoms with van der Waals surface area (Å²) in [5.74, 6) is -0.474. The smallest absolute Gasteiger partial charge is 0.261 e. The Hall–Kier alpha value is -3.51. The van der Waals surface area contributed by atoms with Gasteiger partial charge in [0.05, 0.1) is 0 Å². The van der Waals surface area contributed by atoms with E-state index in [9.17, 15) is 15.0 Å². The molecule has 3 aromatic carbocycles. The first-order valence-electron chi connectivity index (χ1n) is 11.1. The minimum Gasteiger partial charge on any atom is -0.507 e. The molecule has 0 aromatic heterocycles. The van der Waals surface area contributed by atoms with Gasteiger partial charge in [-0.1, -0.05) is 48.5 Å². The van der Waals surface area contributed by atoms with E-state index in [1.807, 2.05) is 44.4 Å². The van der Waals surface area contributed by atoms with Crippen LogP contribution >= 0.6 is 0 Å². The lowest BCUT2D eigenvalue weighted by Gasteiger charge is -2.30. The van der Waals surface area contributed by atoms with E-state index in [-0.39, 0.29) is 35.3 Å². The number of aromatic hydroxyl groups is 2. The second-order valence-corrected chi connectivity index (χ2v) is 8.84. The molecule has 0 atom stereocenters. The van der Waals surface area contributed by atoms with Crippen molar-refractivity contribution in [1.29, 1.82) is 0 Å². The Bertz CT molecular complexity index is 1160. The highest BCUT2D eigenvalue weighted by molar-refractivity contribution is 6.00. The van der Waals surface area contributed by atoms with Gasteiger partial charge in [-0.3, -0.25) is 4.79 Å². The SMILES string of the molecule is Cc1c(O)cc(O)c(C(=O)N2CCc3cc(CN(C)C)ccc3C2)c1OCc1ccccc1. The van der Waals surface area contributed by atoms with Gasteiger partial charge in [0.2, 0.25) is 0 Å². The maximum absolute atomic E-state index is 13.5. The lowest BCUT2D eigenvalue weighted by atomic mass is 9.96. The monoisotopic (exact) mass is 446 g/mol. The minimum atomic E-state index is -0.304. The number of ether oxygens (including phenoxy) is 1. The minimum absolute atomic E-state index is 0.0916. The maximum atomic E-state index is 13.5. The Morgan fingerprint density at radius 1 is 1.00 bits per heavy atom. The number of carbonyl (C=O) groups excluding carboxylic acids is 1. The molecular formula is C27H30N2O4. The average Bonchev–Trinajstić information content (AvgIpc) is 2.80. The van der Waals surface area contributed by atoms with Crippen molar-refractivity contribution >= 4 is 5.91 Å². The van der Waals surface area contributed by atoms with E-state index in [2.05, 4.69) is 23.1 Å². The standard InChI is InChI=1S/C27H30N2O4/c1-18-23(30)14-24(31)25(26(18)33-17-19-7-5-4-6-8-19)27(32)29-12-11-21-13-20(15-28(2)3)9-10-22(21)16-29/h4-10,13-14,30-31H,11-12,15-17H2,1-3H3. The van der Waals surface area contributed by atoms with Gasteiger partial charge in [0.15, 0.2) is 0 Å². The number of amides is 1. The van der Waals surface area contributed by atoms with Crippen LogP contribution in [0.3, 0.4) is 0 Å². The lowest BCUT2D eigenvalue weighted by Crippen LogP contribution is -2.36. The molecule has 2 N–H and O–H groups in total. The number of hydrogen-bond donors (Lipinski definition) is 2. The van der Waals surface area contributed by atoms with Crippen molar-refractivity contribution < 1.29 is 19.7 Å². The molecule has 172 valence electrons. The molecule has 1 aliphatic heterocycles. The van der Waals surface area contributed by atoms with Gasteiger partial charge in [-0.2, -0.15) is 0 Å². The molecule has 0 saturated heterocycles. The highest BCUT2D eigenvalue weighted by Gasteiger charge is 2.29. The fourth-order valence-electron chi connectivity index (χ4n) is 4.25. The second-order valence-electron chi connectivity index (χ2n) is 8.84. The maximum Gasteiger partial charge on any atom is 0.261 e. The van der Waals surface area contributed by atoms with Crippen molar-refractivity contribution in [3.63, 3.8) is 0 Å². The number of phenols is 2. The zero-order valence-electron chi connectivity index (χ0n) is 19.3.